The van der Waals surface area contributed by atoms with Crippen molar-refractivity contribution in [2.24, 2.45) is 5.92 Å². The number of hydrogen-bond acceptors (Lipinski definition) is 4. The molecule has 1 fully saturated rings. The Morgan fingerprint density at radius 1 is 1.19 bits per heavy atom. The van der Waals surface area contributed by atoms with Crippen LogP contribution in [-0.2, 0) is 17.9 Å². The second-order valence-electron chi connectivity index (χ2n) is 6.56. The minimum absolute atomic E-state index is 0.0568. The lowest BCUT2D eigenvalue weighted by Crippen LogP contribution is -2.36. The van der Waals surface area contributed by atoms with E-state index < -0.39 is 5.56 Å². The Morgan fingerprint density at radius 2 is 2.00 bits per heavy atom. The molecule has 7 heteroatoms. The number of aryl methyl sites for hydroxylation is 1. The first-order chi connectivity index (χ1) is 12.5. The number of rotatable bonds is 7. The van der Waals surface area contributed by atoms with Crippen LogP contribution in [0.15, 0.2) is 41.3 Å². The van der Waals surface area contributed by atoms with Crippen molar-refractivity contribution in [3.05, 3.63) is 63.8 Å². The molecule has 2 amide bonds. The van der Waals surface area contributed by atoms with Crippen molar-refractivity contribution >= 4 is 11.8 Å². The van der Waals surface area contributed by atoms with Crippen LogP contribution in [0.4, 0.5) is 0 Å². The van der Waals surface area contributed by atoms with E-state index in [4.69, 9.17) is 0 Å². The molecule has 2 heterocycles. The van der Waals surface area contributed by atoms with Gasteiger partial charge in [0.05, 0.1) is 12.2 Å². The molecule has 136 valence electrons. The topological polar surface area (TPSA) is 93.1 Å². The summed E-state index contributed by atoms with van der Waals surface area (Å²) < 4.78 is 1.24. The van der Waals surface area contributed by atoms with E-state index >= 15 is 0 Å². The number of hydrogen-bond donors (Lipinski definition) is 2. The van der Waals surface area contributed by atoms with Crippen LogP contribution in [0.3, 0.4) is 0 Å². The van der Waals surface area contributed by atoms with E-state index in [1.54, 1.807) is 6.07 Å². The minimum Gasteiger partial charge on any atom is -0.352 e. The molecule has 2 aromatic rings. The summed E-state index contributed by atoms with van der Waals surface area (Å²) in [5, 5.41) is 5.51. The third-order valence-corrected chi connectivity index (χ3v) is 4.24. The van der Waals surface area contributed by atoms with Crippen molar-refractivity contribution < 1.29 is 9.59 Å². The molecular weight excluding hydrogens is 332 g/mol. The van der Waals surface area contributed by atoms with Crippen LogP contribution in [0.5, 0.6) is 0 Å². The second-order valence-corrected chi connectivity index (χ2v) is 6.56. The largest absolute Gasteiger partial charge is 0.352 e. The van der Waals surface area contributed by atoms with Gasteiger partial charge in [-0.05, 0) is 49.9 Å². The first kappa shape index (κ1) is 17.8. The van der Waals surface area contributed by atoms with Crippen molar-refractivity contribution in [3.8, 4) is 0 Å². The molecule has 1 aliphatic carbocycles. The predicted octanol–water partition coefficient (Wildman–Crippen LogP) is 1.01. The van der Waals surface area contributed by atoms with Crippen molar-refractivity contribution in [2.75, 3.05) is 6.54 Å². The minimum atomic E-state index is -0.468. The first-order valence-corrected chi connectivity index (χ1v) is 8.70. The van der Waals surface area contributed by atoms with Gasteiger partial charge >= 0.3 is 0 Å². The standard InChI is InChI=1S/C19H22N4O3/c1-13-4-2-5-15(22-13)11-20-17(24)12-23-9-3-6-16(19(23)26)18(25)21-10-14-7-8-14/h2-6,9,14H,7-8,10-12H2,1H3,(H,20,24)(H,21,25). The molecule has 0 aliphatic heterocycles. The summed E-state index contributed by atoms with van der Waals surface area (Å²) in [6.07, 6.45) is 3.75. The molecule has 2 N–H and O–H groups in total. The molecule has 0 bridgehead atoms. The van der Waals surface area contributed by atoms with Gasteiger partial charge in [0.15, 0.2) is 0 Å². The Kier molecular flexibility index (Phi) is 5.46. The lowest BCUT2D eigenvalue weighted by atomic mass is 10.2. The van der Waals surface area contributed by atoms with Crippen molar-refractivity contribution in [3.63, 3.8) is 0 Å². The third kappa shape index (κ3) is 4.78. The van der Waals surface area contributed by atoms with Gasteiger partial charge in [0.25, 0.3) is 11.5 Å². The summed E-state index contributed by atoms with van der Waals surface area (Å²) >= 11 is 0. The fourth-order valence-electron chi connectivity index (χ4n) is 2.59. The van der Waals surface area contributed by atoms with Crippen LogP contribution in [0, 0.1) is 12.8 Å². The molecule has 0 spiro atoms. The zero-order chi connectivity index (χ0) is 18.5. The van der Waals surface area contributed by atoms with Gasteiger partial charge < -0.3 is 15.2 Å². The van der Waals surface area contributed by atoms with Gasteiger partial charge in [-0.3, -0.25) is 19.4 Å². The molecule has 0 aromatic carbocycles. The highest BCUT2D eigenvalue weighted by Crippen LogP contribution is 2.27. The molecule has 0 saturated heterocycles. The fourth-order valence-corrected chi connectivity index (χ4v) is 2.59. The highest BCUT2D eigenvalue weighted by Gasteiger charge is 2.22. The number of aromatic nitrogens is 2. The van der Waals surface area contributed by atoms with E-state index in [9.17, 15) is 14.4 Å². The predicted molar refractivity (Wildman–Crippen MR) is 96.6 cm³/mol. The Hall–Kier alpha value is -2.96. The second kappa shape index (κ2) is 7.95. The average molecular weight is 354 g/mol. The van der Waals surface area contributed by atoms with Crippen molar-refractivity contribution in [1.29, 1.82) is 0 Å². The molecule has 2 aromatic heterocycles. The van der Waals surface area contributed by atoms with Gasteiger partial charge in [0.2, 0.25) is 5.91 Å². The van der Waals surface area contributed by atoms with Gasteiger partial charge in [0.1, 0.15) is 12.1 Å². The van der Waals surface area contributed by atoms with Crippen LogP contribution in [0.1, 0.15) is 34.6 Å². The van der Waals surface area contributed by atoms with Crippen LogP contribution in [0.25, 0.3) is 0 Å². The number of amides is 2. The van der Waals surface area contributed by atoms with E-state index in [0.29, 0.717) is 12.5 Å². The van der Waals surface area contributed by atoms with E-state index in [1.165, 1.54) is 16.8 Å². The summed E-state index contributed by atoms with van der Waals surface area (Å²) in [5.74, 6) is -0.169. The number of pyridine rings is 2. The summed E-state index contributed by atoms with van der Waals surface area (Å²) in [6, 6.07) is 8.66. The Bertz CT molecular complexity index is 871. The molecule has 0 atom stereocenters. The molecule has 3 rings (SSSR count). The Labute approximate surface area is 151 Å². The van der Waals surface area contributed by atoms with Crippen molar-refractivity contribution in [1.82, 2.24) is 20.2 Å². The SMILES string of the molecule is Cc1cccc(CNC(=O)Cn2cccc(C(=O)NCC3CC3)c2=O)n1. The molecule has 0 radical (unpaired) electrons. The number of nitrogens with one attached hydrogen (secondary N) is 2. The summed E-state index contributed by atoms with van der Waals surface area (Å²) in [4.78, 5) is 41.0. The van der Waals surface area contributed by atoms with Gasteiger partial charge in [0, 0.05) is 18.4 Å². The zero-order valence-electron chi connectivity index (χ0n) is 14.7. The maximum Gasteiger partial charge on any atom is 0.263 e. The van der Waals surface area contributed by atoms with Gasteiger partial charge in [-0.25, -0.2) is 0 Å². The lowest BCUT2D eigenvalue weighted by Gasteiger charge is -2.09. The normalized spacial score (nSPS) is 13.3. The van der Waals surface area contributed by atoms with Crippen LogP contribution in [-0.4, -0.2) is 27.9 Å². The number of carbonyl (C=O) groups is 2. The van der Waals surface area contributed by atoms with Gasteiger partial charge in [-0.1, -0.05) is 6.07 Å². The number of nitrogens with zero attached hydrogens (tertiary/aromatic N) is 2. The van der Waals surface area contributed by atoms with Crippen molar-refractivity contribution in [2.45, 2.75) is 32.9 Å². The maximum atomic E-state index is 12.4. The molecule has 0 unspecified atom stereocenters. The number of carbonyl (C=O) groups excluding carboxylic acids is 2. The van der Waals surface area contributed by atoms with E-state index in [-0.39, 0.29) is 30.5 Å². The highest BCUT2D eigenvalue weighted by atomic mass is 16.2. The van der Waals surface area contributed by atoms with E-state index in [0.717, 1.165) is 24.2 Å². The smallest absolute Gasteiger partial charge is 0.263 e. The quantitative estimate of drug-likeness (QED) is 0.776. The average Bonchev–Trinajstić information content (AvgIpc) is 3.44. The third-order valence-electron chi connectivity index (χ3n) is 4.24. The molecule has 26 heavy (non-hydrogen) atoms. The van der Waals surface area contributed by atoms with Crippen LogP contribution >= 0.6 is 0 Å². The van der Waals surface area contributed by atoms with Crippen LogP contribution < -0.4 is 16.2 Å². The van der Waals surface area contributed by atoms with E-state index in [2.05, 4.69) is 15.6 Å². The van der Waals surface area contributed by atoms with E-state index in [1.807, 2.05) is 25.1 Å². The van der Waals surface area contributed by atoms with Gasteiger partial charge in [-0.2, -0.15) is 0 Å². The van der Waals surface area contributed by atoms with Gasteiger partial charge in [-0.15, -0.1) is 0 Å². The molecule has 7 nitrogen and oxygen atoms in total. The summed E-state index contributed by atoms with van der Waals surface area (Å²) in [6.45, 7) is 2.62. The van der Waals surface area contributed by atoms with Crippen LogP contribution in [0.2, 0.25) is 0 Å². The fraction of sp³-hybridized carbons (Fsp3) is 0.368. The summed E-state index contributed by atoms with van der Waals surface area (Å²) in [5.41, 5.74) is 1.21. The first-order valence-electron chi connectivity index (χ1n) is 8.70. The molecular formula is C19H22N4O3. The molecule has 1 aliphatic rings. The maximum absolute atomic E-state index is 12.4. The monoisotopic (exact) mass is 354 g/mol. The highest BCUT2D eigenvalue weighted by molar-refractivity contribution is 5.93. The lowest BCUT2D eigenvalue weighted by molar-refractivity contribution is -0.121. The summed E-state index contributed by atoms with van der Waals surface area (Å²) in [7, 11) is 0. The molecule has 1 saturated carbocycles. The Balaban J connectivity index is 1.59. The zero-order valence-corrected chi connectivity index (χ0v) is 14.7. The Morgan fingerprint density at radius 3 is 2.73 bits per heavy atom.